The normalized spacial score (nSPS) is 32.1. The van der Waals surface area contributed by atoms with Crippen molar-refractivity contribution in [2.75, 3.05) is 6.54 Å². The summed E-state index contributed by atoms with van der Waals surface area (Å²) in [7, 11) is 0. The molecule has 3 heteroatoms. The first-order valence-electron chi connectivity index (χ1n) is 4.75. The van der Waals surface area contributed by atoms with Crippen LogP contribution in [0.25, 0.3) is 0 Å². The average molecular weight is 258 g/mol. The highest BCUT2D eigenvalue weighted by molar-refractivity contribution is 9.10. The summed E-state index contributed by atoms with van der Waals surface area (Å²) >= 11 is 3.42. The van der Waals surface area contributed by atoms with Gasteiger partial charge in [-0.15, -0.1) is 0 Å². The van der Waals surface area contributed by atoms with E-state index in [2.05, 4.69) is 21.2 Å². The highest BCUT2D eigenvalue weighted by Crippen LogP contribution is 2.33. The van der Waals surface area contributed by atoms with Gasteiger partial charge in [0.15, 0.2) is 0 Å². The maximum Gasteiger partial charge on any atom is 0.122 e. The molecule has 0 bridgehead atoms. The van der Waals surface area contributed by atoms with Crippen LogP contribution in [-0.2, 0) is 0 Å². The largest absolute Gasteiger partial charge is 0.307 e. The number of nitrogens with one attached hydrogen (secondary N) is 1. The van der Waals surface area contributed by atoms with Gasteiger partial charge in [0.1, 0.15) is 5.67 Å². The molecule has 1 aliphatic heterocycles. The predicted molar refractivity (Wildman–Crippen MR) is 59.0 cm³/mol. The van der Waals surface area contributed by atoms with E-state index in [1.165, 1.54) is 0 Å². The lowest BCUT2D eigenvalue weighted by Gasteiger charge is -2.12. The van der Waals surface area contributed by atoms with E-state index in [1.54, 1.807) is 6.92 Å². The summed E-state index contributed by atoms with van der Waals surface area (Å²) < 4.78 is 14.6. The van der Waals surface area contributed by atoms with Crippen molar-refractivity contribution >= 4 is 15.9 Å². The topological polar surface area (TPSA) is 12.0 Å². The van der Waals surface area contributed by atoms with Crippen molar-refractivity contribution in [1.29, 1.82) is 0 Å². The number of hydrogen-bond acceptors (Lipinski definition) is 1. The molecule has 0 radical (unpaired) electrons. The third kappa shape index (κ3) is 2.15. The lowest BCUT2D eigenvalue weighted by Crippen LogP contribution is -2.20. The molecule has 1 saturated heterocycles. The Hall–Kier alpha value is -0.410. The molecule has 1 heterocycles. The van der Waals surface area contributed by atoms with Crippen LogP contribution in [0.4, 0.5) is 4.39 Å². The average Bonchev–Trinajstić information content (AvgIpc) is 2.46. The Bertz CT molecular complexity index is 338. The van der Waals surface area contributed by atoms with Crippen molar-refractivity contribution in [1.82, 2.24) is 5.32 Å². The van der Waals surface area contributed by atoms with Gasteiger partial charge in [-0.2, -0.15) is 0 Å². The van der Waals surface area contributed by atoms with Crippen LogP contribution in [0.3, 0.4) is 0 Å². The van der Waals surface area contributed by atoms with E-state index in [0.717, 1.165) is 10.0 Å². The van der Waals surface area contributed by atoms with Crippen LogP contribution in [0.15, 0.2) is 28.7 Å². The summed E-state index contributed by atoms with van der Waals surface area (Å²) in [6.45, 7) is 2.10. The van der Waals surface area contributed by atoms with Crippen LogP contribution < -0.4 is 5.32 Å². The molecular formula is C11H13BrFN. The number of benzene rings is 1. The second-order valence-corrected chi connectivity index (χ2v) is 5.02. The fourth-order valence-corrected chi connectivity index (χ4v) is 2.28. The number of hydrogen-bond donors (Lipinski definition) is 1. The van der Waals surface area contributed by atoms with Crippen LogP contribution in [-0.4, -0.2) is 12.2 Å². The predicted octanol–water partition coefficient (Wildman–Crippen LogP) is 3.21. The molecule has 76 valence electrons. The van der Waals surface area contributed by atoms with Crippen molar-refractivity contribution in [3.63, 3.8) is 0 Å². The number of halogens is 2. The fourth-order valence-electron chi connectivity index (χ4n) is 1.86. The number of alkyl halides is 1. The SMILES string of the molecule is CC1(F)CNC(c2cccc(Br)c2)C1. The van der Waals surface area contributed by atoms with Gasteiger partial charge in [0.25, 0.3) is 0 Å². The van der Waals surface area contributed by atoms with Gasteiger partial charge in [-0.1, -0.05) is 28.1 Å². The standard InChI is InChI=1S/C11H13BrFN/c1-11(13)6-10(14-7-11)8-3-2-4-9(12)5-8/h2-5,10,14H,6-7H2,1H3. The Balaban J connectivity index is 2.17. The fraction of sp³-hybridized carbons (Fsp3) is 0.455. The first-order valence-corrected chi connectivity index (χ1v) is 5.54. The maximum absolute atomic E-state index is 13.6. The lowest BCUT2D eigenvalue weighted by molar-refractivity contribution is 0.214. The molecule has 1 nitrogen and oxygen atoms in total. The first kappa shape index (κ1) is 10.1. The van der Waals surface area contributed by atoms with Crippen LogP contribution in [0.1, 0.15) is 24.9 Å². The summed E-state index contributed by atoms with van der Waals surface area (Å²) in [6, 6.07) is 8.19. The summed E-state index contributed by atoms with van der Waals surface area (Å²) in [4.78, 5) is 0. The summed E-state index contributed by atoms with van der Waals surface area (Å²) in [5.74, 6) is 0. The molecule has 2 unspecified atom stereocenters. The third-order valence-electron chi connectivity index (χ3n) is 2.60. The van der Waals surface area contributed by atoms with Gasteiger partial charge in [-0.25, -0.2) is 4.39 Å². The smallest absolute Gasteiger partial charge is 0.122 e. The zero-order chi connectivity index (χ0) is 10.2. The highest BCUT2D eigenvalue weighted by Gasteiger charge is 2.35. The van der Waals surface area contributed by atoms with Crippen molar-refractivity contribution in [3.8, 4) is 0 Å². The summed E-state index contributed by atoms with van der Waals surface area (Å²) in [5, 5.41) is 3.19. The van der Waals surface area contributed by atoms with Gasteiger partial charge in [0.2, 0.25) is 0 Å². The Morgan fingerprint density at radius 2 is 2.36 bits per heavy atom. The van der Waals surface area contributed by atoms with Gasteiger partial charge >= 0.3 is 0 Å². The quantitative estimate of drug-likeness (QED) is 0.815. The molecular weight excluding hydrogens is 245 g/mol. The molecule has 0 aliphatic carbocycles. The zero-order valence-corrected chi connectivity index (χ0v) is 9.64. The lowest BCUT2D eigenvalue weighted by atomic mass is 10.00. The Morgan fingerprint density at radius 1 is 1.57 bits per heavy atom. The van der Waals surface area contributed by atoms with Gasteiger partial charge in [0.05, 0.1) is 0 Å². The van der Waals surface area contributed by atoms with E-state index >= 15 is 0 Å². The van der Waals surface area contributed by atoms with Crippen molar-refractivity contribution in [2.45, 2.75) is 25.1 Å². The molecule has 2 rings (SSSR count). The third-order valence-corrected chi connectivity index (χ3v) is 3.09. The minimum atomic E-state index is -1.06. The van der Waals surface area contributed by atoms with E-state index in [0.29, 0.717) is 13.0 Å². The molecule has 1 aliphatic rings. The molecule has 0 aromatic heterocycles. The van der Waals surface area contributed by atoms with Crippen LogP contribution in [0, 0.1) is 0 Å². The van der Waals surface area contributed by atoms with Crippen LogP contribution >= 0.6 is 15.9 Å². The van der Waals surface area contributed by atoms with E-state index < -0.39 is 5.67 Å². The maximum atomic E-state index is 13.6. The van der Waals surface area contributed by atoms with Crippen LogP contribution in [0.5, 0.6) is 0 Å². The molecule has 0 saturated carbocycles. The van der Waals surface area contributed by atoms with Crippen molar-refractivity contribution < 1.29 is 4.39 Å². The van der Waals surface area contributed by atoms with Crippen molar-refractivity contribution in [3.05, 3.63) is 34.3 Å². The van der Waals surface area contributed by atoms with Gasteiger partial charge in [0, 0.05) is 23.5 Å². The van der Waals surface area contributed by atoms with Gasteiger partial charge < -0.3 is 5.32 Å². The van der Waals surface area contributed by atoms with Gasteiger partial charge in [-0.05, 0) is 24.6 Å². The Kier molecular flexibility index (Phi) is 2.62. The van der Waals surface area contributed by atoms with E-state index in [1.807, 2.05) is 24.3 Å². The molecule has 14 heavy (non-hydrogen) atoms. The van der Waals surface area contributed by atoms with E-state index in [9.17, 15) is 4.39 Å². The van der Waals surface area contributed by atoms with Crippen LogP contribution in [0.2, 0.25) is 0 Å². The number of rotatable bonds is 1. The molecule has 1 fully saturated rings. The minimum Gasteiger partial charge on any atom is -0.307 e. The second-order valence-electron chi connectivity index (χ2n) is 4.11. The Labute approximate surface area is 91.8 Å². The summed E-state index contributed by atoms with van der Waals surface area (Å²) in [5.41, 5.74) is 0.0910. The second kappa shape index (κ2) is 3.63. The van der Waals surface area contributed by atoms with Crippen molar-refractivity contribution in [2.24, 2.45) is 0 Å². The summed E-state index contributed by atoms with van der Waals surface area (Å²) in [6.07, 6.45) is 0.559. The molecule has 0 amide bonds. The Morgan fingerprint density at radius 3 is 2.93 bits per heavy atom. The molecule has 1 aromatic rings. The molecule has 1 N–H and O–H groups in total. The van der Waals surface area contributed by atoms with Gasteiger partial charge in [-0.3, -0.25) is 0 Å². The van der Waals surface area contributed by atoms with E-state index in [4.69, 9.17) is 0 Å². The molecule has 2 atom stereocenters. The zero-order valence-electron chi connectivity index (χ0n) is 8.06. The molecule has 1 aromatic carbocycles. The van der Waals surface area contributed by atoms with E-state index in [-0.39, 0.29) is 6.04 Å². The monoisotopic (exact) mass is 257 g/mol. The minimum absolute atomic E-state index is 0.155. The first-order chi connectivity index (χ1) is 6.57. The highest BCUT2D eigenvalue weighted by atomic mass is 79.9. The molecule has 0 spiro atoms.